The van der Waals surface area contributed by atoms with Crippen LogP contribution in [0.3, 0.4) is 0 Å². The summed E-state index contributed by atoms with van der Waals surface area (Å²) < 4.78 is 5.34. The van der Waals surface area contributed by atoms with Gasteiger partial charge in [-0.3, -0.25) is 0 Å². The molecule has 2 heterocycles. The molecule has 0 radical (unpaired) electrons. The first-order valence-corrected chi connectivity index (χ1v) is 6.26. The zero-order valence-electron chi connectivity index (χ0n) is 11.2. The quantitative estimate of drug-likeness (QED) is 0.760. The first-order chi connectivity index (χ1) is 8.50. The van der Waals surface area contributed by atoms with Gasteiger partial charge in [-0.1, -0.05) is 20.8 Å². The van der Waals surface area contributed by atoms with E-state index in [2.05, 4.69) is 31.7 Å². The predicted octanol–water partition coefficient (Wildman–Crippen LogP) is 2.09. The van der Waals surface area contributed by atoms with Gasteiger partial charge in [-0.2, -0.15) is 5.26 Å². The molecular formula is C14H19N3O. The van der Waals surface area contributed by atoms with Gasteiger partial charge in [0.05, 0.1) is 24.8 Å². The molecule has 0 N–H and O–H groups in total. The average Bonchev–Trinajstić information content (AvgIpc) is 2.38. The molecule has 1 aliphatic heterocycles. The van der Waals surface area contributed by atoms with E-state index in [9.17, 15) is 0 Å². The minimum absolute atomic E-state index is 0.0477. The minimum atomic E-state index is -0.0477. The van der Waals surface area contributed by atoms with Crippen LogP contribution in [0, 0.1) is 11.3 Å². The van der Waals surface area contributed by atoms with E-state index >= 15 is 0 Å². The Morgan fingerprint density at radius 1 is 1.28 bits per heavy atom. The van der Waals surface area contributed by atoms with Crippen LogP contribution in [-0.4, -0.2) is 31.3 Å². The predicted molar refractivity (Wildman–Crippen MR) is 70.7 cm³/mol. The van der Waals surface area contributed by atoms with Crippen molar-refractivity contribution in [2.24, 2.45) is 0 Å². The summed E-state index contributed by atoms with van der Waals surface area (Å²) in [7, 11) is 0. The maximum Gasteiger partial charge on any atom is 0.130 e. The number of morpholine rings is 1. The fraction of sp³-hybridized carbons (Fsp3) is 0.571. The number of nitriles is 1. The molecule has 0 spiro atoms. The van der Waals surface area contributed by atoms with Gasteiger partial charge in [-0.25, -0.2) is 4.98 Å². The highest BCUT2D eigenvalue weighted by Crippen LogP contribution is 2.25. The number of aromatic nitrogens is 1. The third-order valence-corrected chi connectivity index (χ3v) is 3.04. The molecule has 0 aromatic carbocycles. The summed E-state index contributed by atoms with van der Waals surface area (Å²) in [6.07, 6.45) is 0. The first kappa shape index (κ1) is 12.8. The minimum Gasteiger partial charge on any atom is -0.378 e. The van der Waals surface area contributed by atoms with Crippen molar-refractivity contribution < 1.29 is 4.74 Å². The topological polar surface area (TPSA) is 49.2 Å². The molecule has 1 aromatic heterocycles. The van der Waals surface area contributed by atoms with Crippen molar-refractivity contribution in [1.82, 2.24) is 4.98 Å². The second-order valence-corrected chi connectivity index (χ2v) is 5.56. The van der Waals surface area contributed by atoms with Crippen molar-refractivity contribution >= 4 is 5.82 Å². The lowest BCUT2D eigenvalue weighted by Crippen LogP contribution is -2.37. The number of anilines is 1. The fourth-order valence-corrected chi connectivity index (χ4v) is 1.92. The number of rotatable bonds is 1. The molecule has 4 nitrogen and oxygen atoms in total. The normalized spacial score (nSPS) is 16.4. The monoisotopic (exact) mass is 245 g/mol. The van der Waals surface area contributed by atoms with Gasteiger partial charge in [0.2, 0.25) is 0 Å². The van der Waals surface area contributed by atoms with Crippen LogP contribution in [0.2, 0.25) is 0 Å². The molecule has 2 rings (SSSR count). The van der Waals surface area contributed by atoms with Crippen LogP contribution in [-0.2, 0) is 10.2 Å². The Balaban J connectivity index is 2.38. The lowest BCUT2D eigenvalue weighted by Gasteiger charge is -2.29. The smallest absolute Gasteiger partial charge is 0.130 e. The summed E-state index contributed by atoms with van der Waals surface area (Å²) in [6, 6.07) is 5.96. The Kier molecular flexibility index (Phi) is 3.53. The van der Waals surface area contributed by atoms with Gasteiger partial charge in [0.25, 0.3) is 0 Å². The number of pyridine rings is 1. The zero-order chi connectivity index (χ0) is 13.2. The highest BCUT2D eigenvalue weighted by atomic mass is 16.5. The third-order valence-electron chi connectivity index (χ3n) is 3.04. The molecule has 1 aromatic rings. The SMILES string of the molecule is CC(C)(C)c1cc(C#N)cc(N2CCOCC2)n1. The number of hydrogen-bond donors (Lipinski definition) is 0. The number of ether oxygens (including phenoxy) is 1. The summed E-state index contributed by atoms with van der Waals surface area (Å²) in [5.74, 6) is 0.891. The van der Waals surface area contributed by atoms with Crippen LogP contribution in [0.5, 0.6) is 0 Å². The standard InChI is InChI=1S/C14H19N3O/c1-14(2,3)12-8-11(10-15)9-13(16-12)17-4-6-18-7-5-17/h8-9H,4-7H2,1-3H3. The lowest BCUT2D eigenvalue weighted by atomic mass is 9.91. The summed E-state index contributed by atoms with van der Waals surface area (Å²) >= 11 is 0. The number of hydrogen-bond acceptors (Lipinski definition) is 4. The highest BCUT2D eigenvalue weighted by Gasteiger charge is 2.20. The van der Waals surface area contributed by atoms with E-state index in [0.717, 1.165) is 37.8 Å². The first-order valence-electron chi connectivity index (χ1n) is 6.26. The fourth-order valence-electron chi connectivity index (χ4n) is 1.92. The van der Waals surface area contributed by atoms with Crippen LogP contribution in [0.15, 0.2) is 12.1 Å². The molecule has 0 bridgehead atoms. The Labute approximate surface area is 108 Å². The summed E-state index contributed by atoms with van der Waals surface area (Å²) in [6.45, 7) is 9.46. The van der Waals surface area contributed by atoms with E-state index in [4.69, 9.17) is 15.0 Å². The van der Waals surface area contributed by atoms with Crippen molar-refractivity contribution in [2.45, 2.75) is 26.2 Å². The van der Waals surface area contributed by atoms with E-state index < -0.39 is 0 Å². The molecule has 1 fully saturated rings. The Morgan fingerprint density at radius 3 is 2.50 bits per heavy atom. The maximum absolute atomic E-state index is 9.13. The third kappa shape index (κ3) is 2.80. The molecule has 1 saturated heterocycles. The summed E-state index contributed by atoms with van der Waals surface area (Å²) in [4.78, 5) is 6.88. The zero-order valence-corrected chi connectivity index (χ0v) is 11.2. The van der Waals surface area contributed by atoms with Gasteiger partial charge in [0.15, 0.2) is 0 Å². The van der Waals surface area contributed by atoms with Gasteiger partial charge in [-0.05, 0) is 12.1 Å². The van der Waals surface area contributed by atoms with Crippen molar-refractivity contribution in [3.8, 4) is 6.07 Å². The van der Waals surface area contributed by atoms with Crippen LogP contribution < -0.4 is 4.90 Å². The maximum atomic E-state index is 9.13. The molecule has 0 atom stereocenters. The lowest BCUT2D eigenvalue weighted by molar-refractivity contribution is 0.122. The molecular weight excluding hydrogens is 226 g/mol. The molecule has 0 aliphatic carbocycles. The van der Waals surface area contributed by atoms with Crippen molar-refractivity contribution in [1.29, 1.82) is 5.26 Å². The van der Waals surface area contributed by atoms with Crippen LogP contribution in [0.1, 0.15) is 32.0 Å². The summed E-state index contributed by atoms with van der Waals surface area (Å²) in [5, 5.41) is 9.13. The van der Waals surface area contributed by atoms with Gasteiger partial charge in [0.1, 0.15) is 5.82 Å². The van der Waals surface area contributed by atoms with E-state index in [-0.39, 0.29) is 5.41 Å². The van der Waals surface area contributed by atoms with Crippen LogP contribution in [0.4, 0.5) is 5.82 Å². The van der Waals surface area contributed by atoms with Gasteiger partial charge in [-0.15, -0.1) is 0 Å². The molecule has 1 aliphatic rings. The Morgan fingerprint density at radius 2 is 1.94 bits per heavy atom. The molecule has 4 heteroatoms. The largest absolute Gasteiger partial charge is 0.378 e. The van der Waals surface area contributed by atoms with E-state index in [1.807, 2.05) is 12.1 Å². The van der Waals surface area contributed by atoms with Crippen LogP contribution in [0.25, 0.3) is 0 Å². The van der Waals surface area contributed by atoms with Crippen molar-refractivity contribution in [3.05, 3.63) is 23.4 Å². The average molecular weight is 245 g/mol. The molecule has 0 saturated carbocycles. The Hall–Kier alpha value is -1.60. The summed E-state index contributed by atoms with van der Waals surface area (Å²) in [5.41, 5.74) is 1.59. The highest BCUT2D eigenvalue weighted by molar-refractivity contribution is 5.48. The van der Waals surface area contributed by atoms with Gasteiger partial charge < -0.3 is 9.64 Å². The van der Waals surface area contributed by atoms with E-state index in [0.29, 0.717) is 5.56 Å². The van der Waals surface area contributed by atoms with Crippen molar-refractivity contribution in [3.63, 3.8) is 0 Å². The second kappa shape index (κ2) is 4.95. The molecule has 96 valence electrons. The molecule has 0 amide bonds. The van der Waals surface area contributed by atoms with E-state index in [1.165, 1.54) is 0 Å². The Bertz CT molecular complexity index is 465. The van der Waals surface area contributed by atoms with Crippen LogP contribution >= 0.6 is 0 Å². The van der Waals surface area contributed by atoms with Crippen molar-refractivity contribution in [2.75, 3.05) is 31.2 Å². The van der Waals surface area contributed by atoms with Gasteiger partial charge in [0, 0.05) is 24.2 Å². The number of nitrogens with zero attached hydrogens (tertiary/aromatic N) is 3. The molecule has 0 unspecified atom stereocenters. The van der Waals surface area contributed by atoms with Gasteiger partial charge >= 0.3 is 0 Å². The second-order valence-electron chi connectivity index (χ2n) is 5.56. The molecule has 18 heavy (non-hydrogen) atoms. The van der Waals surface area contributed by atoms with E-state index in [1.54, 1.807) is 0 Å².